The quantitative estimate of drug-likeness (QED) is 0.486. The Morgan fingerprint density at radius 3 is 2.48 bits per heavy atom. The summed E-state index contributed by atoms with van der Waals surface area (Å²) in [6.45, 7) is 0. The van der Waals surface area contributed by atoms with Gasteiger partial charge in [-0.1, -0.05) is 24.3 Å². The first kappa shape index (κ1) is 14.8. The van der Waals surface area contributed by atoms with E-state index >= 15 is 0 Å². The van der Waals surface area contributed by atoms with Gasteiger partial charge in [-0.05, 0) is 23.6 Å². The molecule has 0 radical (unpaired) electrons. The summed E-state index contributed by atoms with van der Waals surface area (Å²) in [5.74, 6) is 0.489. The highest BCUT2D eigenvalue weighted by Gasteiger charge is 2.52. The van der Waals surface area contributed by atoms with Crippen LogP contribution in [-0.2, 0) is 16.6 Å². The van der Waals surface area contributed by atoms with Crippen LogP contribution >= 0.6 is 23.2 Å². The van der Waals surface area contributed by atoms with Gasteiger partial charge in [-0.15, -0.1) is 23.2 Å². The Morgan fingerprint density at radius 1 is 1.24 bits per heavy atom. The topological polar surface area (TPSA) is 44.0 Å². The van der Waals surface area contributed by atoms with Crippen LogP contribution in [0.4, 0.5) is 0 Å². The summed E-state index contributed by atoms with van der Waals surface area (Å²) in [6, 6.07) is 12.6. The maximum absolute atomic E-state index is 12.2. The molecular formula is C15H13Cl2NO2S. The normalized spacial score (nSPS) is 21.0. The Bertz CT molecular complexity index is 688. The molecule has 2 aromatic rings. The molecule has 0 aliphatic heterocycles. The van der Waals surface area contributed by atoms with E-state index in [2.05, 4.69) is 0 Å². The second-order valence-electron chi connectivity index (χ2n) is 5.11. The lowest BCUT2D eigenvalue weighted by atomic mass is 10.1. The van der Waals surface area contributed by atoms with E-state index in [1.807, 2.05) is 24.3 Å². The fraction of sp³-hybridized carbons (Fsp3) is 0.267. The van der Waals surface area contributed by atoms with Gasteiger partial charge in [0, 0.05) is 18.1 Å². The predicted octanol–water partition coefficient (Wildman–Crippen LogP) is 3.29. The Balaban J connectivity index is 1.71. The molecule has 0 bridgehead atoms. The number of alkyl halides is 2. The summed E-state index contributed by atoms with van der Waals surface area (Å²) in [4.78, 5) is 0. The molecule has 1 fully saturated rings. The lowest BCUT2D eigenvalue weighted by molar-refractivity contribution is -0.646. The van der Waals surface area contributed by atoms with Gasteiger partial charge in [-0.3, -0.25) is 0 Å². The molecule has 0 amide bonds. The third-order valence-electron chi connectivity index (χ3n) is 3.53. The summed E-state index contributed by atoms with van der Waals surface area (Å²) in [7, 11) is -1.36. The maximum Gasteiger partial charge on any atom is 0.281 e. The van der Waals surface area contributed by atoms with Crippen LogP contribution in [0, 0.1) is 5.21 Å². The monoisotopic (exact) mass is 341 g/mol. The molecule has 6 heteroatoms. The van der Waals surface area contributed by atoms with Crippen LogP contribution < -0.4 is 4.73 Å². The van der Waals surface area contributed by atoms with Gasteiger partial charge in [0.25, 0.3) is 5.03 Å². The molecule has 1 saturated carbocycles. The predicted molar refractivity (Wildman–Crippen MR) is 83.8 cm³/mol. The number of hydrogen-bond donors (Lipinski definition) is 0. The summed E-state index contributed by atoms with van der Waals surface area (Å²) < 4.78 is 12.2. The van der Waals surface area contributed by atoms with E-state index in [0.717, 1.165) is 17.5 Å². The molecule has 1 aliphatic rings. The van der Waals surface area contributed by atoms with Gasteiger partial charge in [0.05, 0.1) is 5.75 Å². The van der Waals surface area contributed by atoms with Gasteiger partial charge in [0.2, 0.25) is 0 Å². The lowest BCUT2D eigenvalue weighted by Gasteiger charge is -2.05. The second-order valence-corrected chi connectivity index (χ2v) is 8.05. The minimum absolute atomic E-state index is 0.179. The van der Waals surface area contributed by atoms with E-state index in [1.54, 1.807) is 18.2 Å². The Hall–Kier alpha value is -1.10. The van der Waals surface area contributed by atoms with E-state index in [9.17, 15) is 9.42 Å². The van der Waals surface area contributed by atoms with Crippen molar-refractivity contribution in [2.45, 2.75) is 27.5 Å². The molecule has 2 atom stereocenters. The third kappa shape index (κ3) is 3.23. The van der Waals surface area contributed by atoms with E-state index in [4.69, 9.17) is 23.2 Å². The summed E-state index contributed by atoms with van der Waals surface area (Å²) >= 11 is 12.1. The van der Waals surface area contributed by atoms with Crippen molar-refractivity contribution in [3.8, 4) is 0 Å². The van der Waals surface area contributed by atoms with Crippen LogP contribution in [0.1, 0.15) is 23.5 Å². The maximum atomic E-state index is 12.2. The van der Waals surface area contributed by atoms with Crippen molar-refractivity contribution < 1.29 is 8.94 Å². The Morgan fingerprint density at radius 2 is 1.90 bits per heavy atom. The number of benzene rings is 1. The van der Waals surface area contributed by atoms with Crippen LogP contribution in [-0.4, -0.2) is 8.54 Å². The number of halogens is 2. The molecular weight excluding hydrogens is 329 g/mol. The molecule has 3 nitrogen and oxygen atoms in total. The van der Waals surface area contributed by atoms with Crippen LogP contribution in [0.2, 0.25) is 0 Å². The Labute approximate surface area is 135 Å². The molecule has 1 aromatic carbocycles. The van der Waals surface area contributed by atoms with Crippen LogP contribution in [0.25, 0.3) is 0 Å². The van der Waals surface area contributed by atoms with E-state index in [-0.39, 0.29) is 10.9 Å². The minimum atomic E-state index is -1.36. The summed E-state index contributed by atoms with van der Waals surface area (Å²) in [5, 5.41) is 11.8. The lowest BCUT2D eigenvalue weighted by Crippen LogP contribution is -2.31. The first-order chi connectivity index (χ1) is 9.97. The first-order valence-corrected chi connectivity index (χ1v) is 8.58. The molecule has 1 aromatic heterocycles. The standard InChI is InChI=1S/C15H13Cl2NO2S/c16-15(17)9-13(15)12-6-4-11(5-7-12)10-21(20)14-3-1-2-8-18(14)19/h1-8,13H,9-10H2. The van der Waals surface area contributed by atoms with Crippen molar-refractivity contribution >= 4 is 34.0 Å². The van der Waals surface area contributed by atoms with Crippen molar-refractivity contribution in [3.05, 3.63) is 65.0 Å². The zero-order valence-corrected chi connectivity index (χ0v) is 13.4. The minimum Gasteiger partial charge on any atom is -0.618 e. The number of hydrogen-bond acceptors (Lipinski definition) is 2. The molecule has 110 valence electrons. The van der Waals surface area contributed by atoms with Crippen LogP contribution in [0.5, 0.6) is 0 Å². The van der Waals surface area contributed by atoms with Crippen LogP contribution in [0.15, 0.2) is 53.7 Å². The molecule has 0 spiro atoms. The molecule has 21 heavy (non-hydrogen) atoms. The smallest absolute Gasteiger partial charge is 0.281 e. The first-order valence-electron chi connectivity index (χ1n) is 6.50. The Kier molecular flexibility index (Phi) is 3.95. The van der Waals surface area contributed by atoms with Crippen molar-refractivity contribution in [3.63, 3.8) is 0 Å². The molecule has 2 unspecified atom stereocenters. The van der Waals surface area contributed by atoms with E-state index < -0.39 is 15.1 Å². The van der Waals surface area contributed by atoms with Gasteiger partial charge in [-0.2, -0.15) is 4.73 Å². The van der Waals surface area contributed by atoms with Gasteiger partial charge < -0.3 is 5.21 Å². The molecule has 0 N–H and O–H groups in total. The summed E-state index contributed by atoms with van der Waals surface area (Å²) in [6.07, 6.45) is 2.12. The average molecular weight is 342 g/mol. The van der Waals surface area contributed by atoms with Crippen molar-refractivity contribution in [1.29, 1.82) is 0 Å². The average Bonchev–Trinajstić information content (AvgIpc) is 3.09. The van der Waals surface area contributed by atoms with Crippen molar-refractivity contribution in [2.75, 3.05) is 0 Å². The highest BCUT2D eigenvalue weighted by Crippen LogP contribution is 2.59. The molecule has 1 heterocycles. The second kappa shape index (κ2) is 5.59. The largest absolute Gasteiger partial charge is 0.618 e. The van der Waals surface area contributed by atoms with Gasteiger partial charge in [-0.25, -0.2) is 4.21 Å². The van der Waals surface area contributed by atoms with Gasteiger partial charge >= 0.3 is 0 Å². The van der Waals surface area contributed by atoms with Gasteiger partial charge in [0.15, 0.2) is 6.20 Å². The number of pyridine rings is 1. The molecule has 1 aliphatic carbocycles. The molecule has 0 saturated heterocycles. The zero-order valence-electron chi connectivity index (χ0n) is 11.0. The highest BCUT2D eigenvalue weighted by molar-refractivity contribution is 7.84. The highest BCUT2D eigenvalue weighted by atomic mass is 35.5. The molecule has 3 rings (SSSR count). The van der Waals surface area contributed by atoms with Gasteiger partial charge in [0.1, 0.15) is 15.1 Å². The number of rotatable bonds is 4. The fourth-order valence-corrected chi connectivity index (χ4v) is 3.93. The van der Waals surface area contributed by atoms with E-state index in [0.29, 0.717) is 10.5 Å². The SMILES string of the molecule is O=S(Cc1ccc(C2CC2(Cl)Cl)cc1)c1cccc[n+]1[O-]. The van der Waals surface area contributed by atoms with Crippen molar-refractivity contribution in [2.24, 2.45) is 0 Å². The zero-order chi connectivity index (χ0) is 15.0. The third-order valence-corrected chi connectivity index (χ3v) is 5.74. The number of aromatic nitrogens is 1. The van der Waals surface area contributed by atoms with Crippen LogP contribution in [0.3, 0.4) is 0 Å². The van der Waals surface area contributed by atoms with E-state index in [1.165, 1.54) is 6.20 Å². The van der Waals surface area contributed by atoms with Crippen molar-refractivity contribution in [1.82, 2.24) is 0 Å². The fourth-order valence-electron chi connectivity index (χ4n) is 2.24. The number of nitrogens with zero attached hydrogens (tertiary/aromatic N) is 1. The summed E-state index contributed by atoms with van der Waals surface area (Å²) in [5.41, 5.74) is 2.00.